The van der Waals surface area contributed by atoms with Gasteiger partial charge in [-0.25, -0.2) is 4.98 Å². The molecule has 2 aromatic carbocycles. The predicted octanol–water partition coefficient (Wildman–Crippen LogP) is 5.66. The Labute approximate surface area is 194 Å². The maximum Gasteiger partial charge on any atom is 0.267 e. The number of nitrogens with two attached hydrogens (primary N) is 1. The van der Waals surface area contributed by atoms with Crippen LogP contribution in [0.5, 0.6) is 11.5 Å². The molecule has 4 aromatic rings. The second-order valence-electron chi connectivity index (χ2n) is 8.56. The zero-order valence-electron chi connectivity index (χ0n) is 18.3. The van der Waals surface area contributed by atoms with Crippen LogP contribution in [0, 0.1) is 0 Å². The van der Waals surface area contributed by atoms with E-state index in [0.29, 0.717) is 11.5 Å². The predicted molar refractivity (Wildman–Crippen MR) is 130 cm³/mol. The monoisotopic (exact) mass is 493 g/mol. The van der Waals surface area contributed by atoms with Crippen molar-refractivity contribution in [2.45, 2.75) is 26.2 Å². The van der Waals surface area contributed by atoms with Gasteiger partial charge in [0.25, 0.3) is 5.91 Å². The van der Waals surface area contributed by atoms with Crippen molar-refractivity contribution in [2.24, 2.45) is 12.8 Å². The van der Waals surface area contributed by atoms with Crippen LogP contribution < -0.4 is 15.8 Å². The van der Waals surface area contributed by atoms with Gasteiger partial charge in [0.1, 0.15) is 17.2 Å². The Morgan fingerprint density at radius 2 is 1.84 bits per heavy atom. The van der Waals surface area contributed by atoms with Gasteiger partial charge in [-0.3, -0.25) is 9.78 Å². The minimum absolute atomic E-state index is 0.0104. The lowest BCUT2D eigenvalue weighted by atomic mass is 9.87. The summed E-state index contributed by atoms with van der Waals surface area (Å²) in [6.07, 6.45) is 1.49. The second-order valence-corrected chi connectivity index (χ2v) is 9.41. The SMILES string of the molecule is Cn1c(Nc2ccc(Br)c(C(C)(C)C)c2)nc2cc(Oc3ccnc(C(N)=O)c3)ccc21. The first-order valence-electron chi connectivity index (χ1n) is 10.1. The molecule has 1 amide bonds. The number of nitrogens with one attached hydrogen (secondary N) is 1. The summed E-state index contributed by atoms with van der Waals surface area (Å²) in [5.41, 5.74) is 9.37. The molecule has 164 valence electrons. The van der Waals surface area contributed by atoms with Crippen LogP contribution in [0.15, 0.2) is 59.2 Å². The van der Waals surface area contributed by atoms with Crippen LogP contribution in [0.25, 0.3) is 11.0 Å². The Bertz CT molecular complexity index is 1320. The van der Waals surface area contributed by atoms with Crippen LogP contribution >= 0.6 is 15.9 Å². The maximum absolute atomic E-state index is 11.3. The fourth-order valence-corrected chi connectivity index (χ4v) is 4.25. The van der Waals surface area contributed by atoms with E-state index in [4.69, 9.17) is 15.5 Å². The van der Waals surface area contributed by atoms with E-state index in [0.717, 1.165) is 27.1 Å². The lowest BCUT2D eigenvalue weighted by Crippen LogP contribution is -2.12. The van der Waals surface area contributed by atoms with Gasteiger partial charge in [-0.1, -0.05) is 36.7 Å². The molecule has 2 heterocycles. The Balaban J connectivity index is 1.62. The molecule has 0 aliphatic carbocycles. The summed E-state index contributed by atoms with van der Waals surface area (Å²) in [5.74, 6) is 1.20. The van der Waals surface area contributed by atoms with E-state index in [-0.39, 0.29) is 11.1 Å². The molecular weight excluding hydrogens is 470 g/mol. The standard InChI is InChI=1S/C24H24BrN5O2/c1-24(2,3)17-11-14(5-7-18(17)25)28-23-29-19-12-15(6-8-21(19)30(23)4)32-16-9-10-27-20(13-16)22(26)31/h5-13H,1-4H3,(H2,26,31)(H,28,29). The first-order chi connectivity index (χ1) is 15.1. The van der Waals surface area contributed by atoms with Crippen LogP contribution in [0.2, 0.25) is 0 Å². The first kappa shape index (κ1) is 21.8. The summed E-state index contributed by atoms with van der Waals surface area (Å²) < 4.78 is 8.97. The summed E-state index contributed by atoms with van der Waals surface area (Å²) >= 11 is 3.65. The molecule has 2 aromatic heterocycles. The number of hydrogen-bond acceptors (Lipinski definition) is 5. The molecular formula is C24H24BrN5O2. The number of nitrogens with zero attached hydrogens (tertiary/aromatic N) is 3. The summed E-state index contributed by atoms with van der Waals surface area (Å²) in [7, 11) is 1.96. The lowest BCUT2D eigenvalue weighted by molar-refractivity contribution is 0.0995. The number of rotatable bonds is 5. The van der Waals surface area contributed by atoms with Gasteiger partial charge in [0.15, 0.2) is 0 Å². The Morgan fingerprint density at radius 3 is 2.56 bits per heavy atom. The molecule has 8 heteroatoms. The molecule has 0 fully saturated rings. The smallest absolute Gasteiger partial charge is 0.267 e. The molecule has 32 heavy (non-hydrogen) atoms. The maximum atomic E-state index is 11.3. The van der Waals surface area contributed by atoms with E-state index in [2.05, 4.69) is 53.1 Å². The highest BCUT2D eigenvalue weighted by molar-refractivity contribution is 9.10. The quantitative estimate of drug-likeness (QED) is 0.373. The largest absolute Gasteiger partial charge is 0.457 e. The third-order valence-corrected chi connectivity index (χ3v) is 5.79. The molecule has 0 spiro atoms. The second kappa shape index (κ2) is 8.27. The number of anilines is 2. The van der Waals surface area contributed by atoms with Crippen molar-refractivity contribution in [1.29, 1.82) is 0 Å². The van der Waals surface area contributed by atoms with Gasteiger partial charge in [0.05, 0.1) is 11.0 Å². The highest BCUT2D eigenvalue weighted by atomic mass is 79.9. The molecule has 0 radical (unpaired) electrons. The number of pyridine rings is 1. The van der Waals surface area contributed by atoms with Crippen molar-refractivity contribution in [1.82, 2.24) is 14.5 Å². The van der Waals surface area contributed by atoms with E-state index in [1.165, 1.54) is 17.8 Å². The molecule has 0 aliphatic heterocycles. The van der Waals surface area contributed by atoms with E-state index >= 15 is 0 Å². The molecule has 0 atom stereocenters. The highest BCUT2D eigenvalue weighted by Crippen LogP contribution is 2.33. The minimum Gasteiger partial charge on any atom is -0.457 e. The topological polar surface area (TPSA) is 95.1 Å². The summed E-state index contributed by atoms with van der Waals surface area (Å²) in [5, 5.41) is 3.42. The third kappa shape index (κ3) is 4.45. The van der Waals surface area contributed by atoms with E-state index in [1.807, 2.05) is 41.9 Å². The van der Waals surface area contributed by atoms with Gasteiger partial charge >= 0.3 is 0 Å². The van der Waals surface area contributed by atoms with Crippen molar-refractivity contribution in [3.05, 3.63) is 70.5 Å². The van der Waals surface area contributed by atoms with Crippen LogP contribution in [0.3, 0.4) is 0 Å². The van der Waals surface area contributed by atoms with Gasteiger partial charge in [0, 0.05) is 35.5 Å². The van der Waals surface area contributed by atoms with Gasteiger partial charge in [-0.2, -0.15) is 0 Å². The number of hydrogen-bond donors (Lipinski definition) is 2. The van der Waals surface area contributed by atoms with Crippen molar-refractivity contribution in [3.63, 3.8) is 0 Å². The average molecular weight is 494 g/mol. The highest BCUT2D eigenvalue weighted by Gasteiger charge is 2.18. The molecule has 0 bridgehead atoms. The number of carbonyl (C=O) groups excluding carboxylic acids is 1. The number of fused-ring (bicyclic) bond motifs is 1. The summed E-state index contributed by atoms with van der Waals surface area (Å²) in [6.45, 7) is 6.55. The molecule has 7 nitrogen and oxygen atoms in total. The number of halogens is 1. The molecule has 0 saturated heterocycles. The molecule has 0 unspecified atom stereocenters. The van der Waals surface area contributed by atoms with Crippen molar-refractivity contribution < 1.29 is 9.53 Å². The normalized spacial score (nSPS) is 11.5. The molecule has 0 saturated carbocycles. The number of imidazole rings is 1. The van der Waals surface area contributed by atoms with Crippen LogP contribution in [0.4, 0.5) is 11.6 Å². The van der Waals surface area contributed by atoms with E-state index < -0.39 is 5.91 Å². The van der Waals surface area contributed by atoms with Gasteiger partial charge in [-0.05, 0) is 47.4 Å². The van der Waals surface area contributed by atoms with Crippen molar-refractivity contribution in [3.8, 4) is 11.5 Å². The fourth-order valence-electron chi connectivity index (χ4n) is 3.41. The zero-order valence-corrected chi connectivity index (χ0v) is 19.9. The number of carbonyl (C=O) groups is 1. The van der Waals surface area contributed by atoms with E-state index in [1.54, 1.807) is 6.07 Å². The Hall–Kier alpha value is -3.39. The molecule has 3 N–H and O–H groups in total. The van der Waals surface area contributed by atoms with Gasteiger partial charge in [-0.15, -0.1) is 0 Å². The molecule has 0 aliphatic rings. The summed E-state index contributed by atoms with van der Waals surface area (Å²) in [4.78, 5) is 20.0. The number of aromatic nitrogens is 3. The van der Waals surface area contributed by atoms with Crippen LogP contribution in [-0.4, -0.2) is 20.4 Å². The van der Waals surface area contributed by atoms with Crippen molar-refractivity contribution >= 4 is 44.5 Å². The van der Waals surface area contributed by atoms with Gasteiger partial charge in [0.2, 0.25) is 5.95 Å². The average Bonchev–Trinajstić information content (AvgIpc) is 3.03. The van der Waals surface area contributed by atoms with Crippen LogP contribution in [-0.2, 0) is 12.5 Å². The molecule has 4 rings (SSSR count). The van der Waals surface area contributed by atoms with Crippen LogP contribution in [0.1, 0.15) is 36.8 Å². The zero-order chi connectivity index (χ0) is 23.0. The summed E-state index contributed by atoms with van der Waals surface area (Å²) in [6, 6.07) is 15.0. The Kier molecular flexibility index (Phi) is 5.64. The lowest BCUT2D eigenvalue weighted by Gasteiger charge is -2.22. The van der Waals surface area contributed by atoms with Crippen molar-refractivity contribution in [2.75, 3.05) is 5.32 Å². The fraction of sp³-hybridized carbons (Fsp3) is 0.208. The Morgan fingerprint density at radius 1 is 1.09 bits per heavy atom. The number of amides is 1. The third-order valence-electron chi connectivity index (χ3n) is 5.10. The van der Waals surface area contributed by atoms with E-state index in [9.17, 15) is 4.79 Å². The van der Waals surface area contributed by atoms with Gasteiger partial charge < -0.3 is 20.4 Å². The number of aryl methyl sites for hydroxylation is 1. The number of ether oxygens (including phenoxy) is 1. The first-order valence-corrected chi connectivity index (χ1v) is 10.9. The number of benzene rings is 2. The number of primary amides is 1. The minimum atomic E-state index is -0.603.